The van der Waals surface area contributed by atoms with Gasteiger partial charge in [0.15, 0.2) is 11.5 Å². The second-order valence-electron chi connectivity index (χ2n) is 8.12. The van der Waals surface area contributed by atoms with Gasteiger partial charge in [0.2, 0.25) is 11.6 Å². The van der Waals surface area contributed by atoms with E-state index in [9.17, 15) is 4.79 Å². The molecule has 36 heavy (non-hydrogen) atoms. The molecule has 5 aromatic rings. The number of nitrogens with zero attached hydrogens (tertiary/aromatic N) is 3. The van der Waals surface area contributed by atoms with Crippen LogP contribution in [0.2, 0.25) is 0 Å². The van der Waals surface area contributed by atoms with E-state index in [1.165, 1.54) is 5.56 Å². The van der Waals surface area contributed by atoms with Crippen LogP contribution in [-0.4, -0.2) is 36.0 Å². The summed E-state index contributed by atoms with van der Waals surface area (Å²) in [5.74, 6) is 2.06. The summed E-state index contributed by atoms with van der Waals surface area (Å²) >= 11 is 0. The third kappa shape index (κ3) is 3.96. The molecule has 5 rings (SSSR count). The Bertz CT molecular complexity index is 1580. The van der Waals surface area contributed by atoms with Crippen LogP contribution in [0.15, 0.2) is 76.2 Å². The Morgan fingerprint density at radius 3 is 2.17 bits per heavy atom. The molecule has 182 valence electrons. The first-order chi connectivity index (χ1) is 17.6. The van der Waals surface area contributed by atoms with Gasteiger partial charge in [0.05, 0.1) is 26.9 Å². The lowest BCUT2D eigenvalue weighted by atomic mass is 10.1. The zero-order chi connectivity index (χ0) is 25.2. The van der Waals surface area contributed by atoms with Gasteiger partial charge in [0, 0.05) is 28.2 Å². The van der Waals surface area contributed by atoms with Crippen molar-refractivity contribution in [1.82, 2.24) is 14.7 Å². The topological polar surface area (TPSA) is 88.6 Å². The van der Waals surface area contributed by atoms with Crippen LogP contribution in [0.5, 0.6) is 17.2 Å². The van der Waals surface area contributed by atoms with Gasteiger partial charge in [-0.25, -0.2) is 0 Å². The number of ether oxygens (including phenoxy) is 3. The highest BCUT2D eigenvalue weighted by Gasteiger charge is 2.20. The molecule has 0 unspecified atom stereocenters. The maximum absolute atomic E-state index is 13.4. The fourth-order valence-corrected chi connectivity index (χ4v) is 4.21. The van der Waals surface area contributed by atoms with Gasteiger partial charge in [-0.2, -0.15) is 4.98 Å². The predicted molar refractivity (Wildman–Crippen MR) is 137 cm³/mol. The van der Waals surface area contributed by atoms with Gasteiger partial charge >= 0.3 is 0 Å². The number of pyridine rings is 1. The molecule has 0 N–H and O–H groups in total. The molecular formula is C28H25N3O5. The third-order valence-corrected chi connectivity index (χ3v) is 6.13. The molecule has 0 aliphatic rings. The molecule has 8 heteroatoms. The van der Waals surface area contributed by atoms with Crippen LogP contribution in [0.3, 0.4) is 0 Å². The van der Waals surface area contributed by atoms with Crippen LogP contribution in [0.1, 0.15) is 12.5 Å². The minimum absolute atomic E-state index is 0.122. The Kier molecular flexibility index (Phi) is 6.16. The summed E-state index contributed by atoms with van der Waals surface area (Å²) in [5.41, 5.74) is 3.11. The standard InChI is InChI=1S/C28H25N3O5/c1-5-17-10-12-19(13-11-17)31-16-22(20-8-6-7-9-21(20)28(31)32)27-29-26(30-36-27)18-14-23(33-2)25(35-4)24(15-18)34-3/h6-16H,5H2,1-4H3. The van der Waals surface area contributed by atoms with Gasteiger partial charge in [0.1, 0.15) is 0 Å². The van der Waals surface area contributed by atoms with E-state index < -0.39 is 0 Å². The summed E-state index contributed by atoms with van der Waals surface area (Å²) in [5, 5.41) is 5.48. The highest BCUT2D eigenvalue weighted by molar-refractivity contribution is 5.94. The van der Waals surface area contributed by atoms with Crippen molar-refractivity contribution in [1.29, 1.82) is 0 Å². The van der Waals surface area contributed by atoms with Crippen LogP contribution in [-0.2, 0) is 6.42 Å². The average Bonchev–Trinajstić information content (AvgIpc) is 3.43. The van der Waals surface area contributed by atoms with Crippen LogP contribution in [0.25, 0.3) is 39.3 Å². The molecule has 2 aromatic heterocycles. The van der Waals surface area contributed by atoms with Gasteiger partial charge in [-0.1, -0.05) is 42.4 Å². The van der Waals surface area contributed by atoms with E-state index in [4.69, 9.17) is 18.7 Å². The largest absolute Gasteiger partial charge is 0.493 e. The number of fused-ring (bicyclic) bond motifs is 1. The van der Waals surface area contributed by atoms with E-state index in [2.05, 4.69) is 17.1 Å². The molecule has 8 nitrogen and oxygen atoms in total. The van der Waals surface area contributed by atoms with Crippen molar-refractivity contribution in [2.75, 3.05) is 21.3 Å². The number of aromatic nitrogens is 3. The molecule has 0 bridgehead atoms. The van der Waals surface area contributed by atoms with E-state index in [1.807, 2.05) is 42.5 Å². The molecule has 0 saturated carbocycles. The Labute approximate surface area is 207 Å². The summed E-state index contributed by atoms with van der Waals surface area (Å²) < 4.78 is 23.6. The molecular weight excluding hydrogens is 458 g/mol. The number of methoxy groups -OCH3 is 3. The van der Waals surface area contributed by atoms with Crippen molar-refractivity contribution in [3.8, 4) is 45.8 Å². The van der Waals surface area contributed by atoms with Crippen LogP contribution >= 0.6 is 0 Å². The Morgan fingerprint density at radius 1 is 0.889 bits per heavy atom. The monoisotopic (exact) mass is 483 g/mol. The third-order valence-electron chi connectivity index (χ3n) is 6.13. The van der Waals surface area contributed by atoms with E-state index in [1.54, 1.807) is 50.3 Å². The molecule has 0 spiro atoms. The van der Waals surface area contributed by atoms with Gasteiger partial charge in [-0.15, -0.1) is 0 Å². The lowest BCUT2D eigenvalue weighted by molar-refractivity contribution is 0.324. The minimum atomic E-state index is -0.122. The Morgan fingerprint density at radius 2 is 1.56 bits per heavy atom. The van der Waals surface area contributed by atoms with Crippen molar-refractivity contribution in [3.05, 3.63) is 82.8 Å². The molecule has 0 amide bonds. The number of benzene rings is 3. The minimum Gasteiger partial charge on any atom is -0.493 e. The molecule has 0 radical (unpaired) electrons. The lowest BCUT2D eigenvalue weighted by Crippen LogP contribution is -2.18. The van der Waals surface area contributed by atoms with Crippen LogP contribution < -0.4 is 19.8 Å². The number of rotatable bonds is 7. The summed E-state index contributed by atoms with van der Waals surface area (Å²) in [6, 6.07) is 18.8. The van der Waals surface area contributed by atoms with E-state index in [-0.39, 0.29) is 11.4 Å². The number of hydrogen-bond acceptors (Lipinski definition) is 7. The zero-order valence-corrected chi connectivity index (χ0v) is 20.4. The SMILES string of the molecule is CCc1ccc(-n2cc(-c3nc(-c4cc(OC)c(OC)c(OC)c4)no3)c3ccccc3c2=O)cc1. The van der Waals surface area contributed by atoms with Crippen molar-refractivity contribution >= 4 is 10.8 Å². The zero-order valence-electron chi connectivity index (χ0n) is 20.4. The molecule has 0 atom stereocenters. The lowest BCUT2D eigenvalue weighted by Gasteiger charge is -2.12. The Hall–Kier alpha value is -4.59. The summed E-state index contributed by atoms with van der Waals surface area (Å²) in [6.07, 6.45) is 2.67. The average molecular weight is 484 g/mol. The van der Waals surface area contributed by atoms with E-state index in [0.717, 1.165) is 17.5 Å². The van der Waals surface area contributed by atoms with Crippen molar-refractivity contribution in [2.45, 2.75) is 13.3 Å². The number of aryl methyl sites for hydroxylation is 1. The normalized spacial score (nSPS) is 11.0. The van der Waals surface area contributed by atoms with Crippen molar-refractivity contribution in [3.63, 3.8) is 0 Å². The first-order valence-corrected chi connectivity index (χ1v) is 11.5. The molecule has 3 aromatic carbocycles. The highest BCUT2D eigenvalue weighted by Crippen LogP contribution is 2.41. The summed E-state index contributed by atoms with van der Waals surface area (Å²) in [7, 11) is 4.64. The first-order valence-electron chi connectivity index (χ1n) is 11.5. The summed E-state index contributed by atoms with van der Waals surface area (Å²) in [6.45, 7) is 2.09. The number of hydrogen-bond donors (Lipinski definition) is 0. The molecule has 0 aliphatic heterocycles. The molecule has 0 fully saturated rings. The molecule has 0 saturated heterocycles. The van der Waals surface area contributed by atoms with E-state index >= 15 is 0 Å². The van der Waals surface area contributed by atoms with Crippen molar-refractivity contribution < 1.29 is 18.7 Å². The fourth-order valence-electron chi connectivity index (χ4n) is 4.21. The van der Waals surface area contributed by atoms with Crippen LogP contribution in [0, 0.1) is 0 Å². The predicted octanol–water partition coefficient (Wildman–Crippen LogP) is 5.30. The van der Waals surface area contributed by atoms with Gasteiger partial charge in [-0.05, 0) is 42.3 Å². The second-order valence-corrected chi connectivity index (χ2v) is 8.12. The van der Waals surface area contributed by atoms with Gasteiger partial charge < -0.3 is 18.7 Å². The van der Waals surface area contributed by atoms with E-state index in [0.29, 0.717) is 39.6 Å². The van der Waals surface area contributed by atoms with Crippen molar-refractivity contribution in [2.24, 2.45) is 0 Å². The molecule has 2 heterocycles. The fraction of sp³-hybridized carbons (Fsp3) is 0.179. The highest BCUT2D eigenvalue weighted by atomic mass is 16.5. The Balaban J connectivity index is 1.66. The quantitative estimate of drug-likeness (QED) is 0.310. The maximum Gasteiger partial charge on any atom is 0.262 e. The second kappa shape index (κ2) is 9.58. The summed E-state index contributed by atoms with van der Waals surface area (Å²) in [4.78, 5) is 18.0. The smallest absolute Gasteiger partial charge is 0.262 e. The van der Waals surface area contributed by atoms with Gasteiger partial charge in [0.25, 0.3) is 11.4 Å². The molecule has 0 aliphatic carbocycles. The van der Waals surface area contributed by atoms with Gasteiger partial charge in [-0.3, -0.25) is 9.36 Å². The maximum atomic E-state index is 13.4. The van der Waals surface area contributed by atoms with Crippen LogP contribution in [0.4, 0.5) is 0 Å². The first kappa shape index (κ1) is 23.2.